The number of benzene rings is 2. The molecule has 2 aromatic rings. The highest BCUT2D eigenvalue weighted by atomic mass is 35.5. The molecule has 2 aromatic carbocycles. The molecule has 0 atom stereocenters. The first-order valence-electron chi connectivity index (χ1n) is 7.72. The van der Waals surface area contributed by atoms with Crippen molar-refractivity contribution in [2.75, 3.05) is 29.9 Å². The number of nitrogens with one attached hydrogen (secondary N) is 1. The third-order valence-electron chi connectivity index (χ3n) is 3.97. The molecule has 0 saturated carbocycles. The molecule has 1 aliphatic heterocycles. The lowest BCUT2D eigenvalue weighted by molar-refractivity contribution is -0.116. The second-order valence-corrected chi connectivity index (χ2v) is 6.14. The third-order valence-corrected chi connectivity index (χ3v) is 4.20. The number of hydrogen-bond donors (Lipinski definition) is 1. The molecule has 0 aliphatic carbocycles. The fourth-order valence-corrected chi connectivity index (χ4v) is 2.87. The van der Waals surface area contributed by atoms with Gasteiger partial charge in [-0.25, -0.2) is 4.79 Å². The minimum Gasteiger partial charge on any atom is -0.324 e. The van der Waals surface area contributed by atoms with E-state index in [1.165, 1.54) is 4.90 Å². The predicted octanol–water partition coefficient (Wildman–Crippen LogP) is 3.53. The van der Waals surface area contributed by atoms with Crippen molar-refractivity contribution in [2.24, 2.45) is 0 Å². The summed E-state index contributed by atoms with van der Waals surface area (Å²) in [5, 5.41) is 3.43. The molecule has 0 radical (unpaired) electrons. The van der Waals surface area contributed by atoms with Crippen LogP contribution in [0.15, 0.2) is 48.5 Å². The summed E-state index contributed by atoms with van der Waals surface area (Å²) < 4.78 is 0. The van der Waals surface area contributed by atoms with Crippen molar-refractivity contribution in [2.45, 2.75) is 6.92 Å². The fraction of sp³-hybridized carbons (Fsp3) is 0.222. The Bertz CT molecular complexity index is 778. The Balaban J connectivity index is 1.63. The third kappa shape index (κ3) is 3.51. The summed E-state index contributed by atoms with van der Waals surface area (Å²) in [6.07, 6.45) is 0. The standard InChI is InChI=1S/C18H18ClN3O2/c1-13-5-2-3-8-16(13)20-17(23)12-21-9-10-22(18(21)24)15-7-4-6-14(19)11-15/h2-8,11H,9-10,12H2,1H3,(H,20,23). The van der Waals surface area contributed by atoms with E-state index in [9.17, 15) is 9.59 Å². The number of urea groups is 1. The normalized spacial score (nSPS) is 14.2. The maximum Gasteiger partial charge on any atom is 0.325 e. The fourth-order valence-electron chi connectivity index (χ4n) is 2.69. The average molecular weight is 344 g/mol. The summed E-state index contributed by atoms with van der Waals surface area (Å²) in [6.45, 7) is 3.01. The lowest BCUT2D eigenvalue weighted by Gasteiger charge is -2.19. The van der Waals surface area contributed by atoms with Crippen LogP contribution >= 0.6 is 11.6 Å². The molecular weight excluding hydrogens is 326 g/mol. The number of carbonyl (C=O) groups excluding carboxylic acids is 2. The molecule has 0 aromatic heterocycles. The molecule has 5 nitrogen and oxygen atoms in total. The van der Waals surface area contributed by atoms with Crippen LogP contribution in [0.25, 0.3) is 0 Å². The van der Waals surface area contributed by atoms with Crippen molar-refractivity contribution < 1.29 is 9.59 Å². The van der Waals surface area contributed by atoms with Gasteiger partial charge in [-0.05, 0) is 36.8 Å². The maximum atomic E-state index is 12.5. The van der Waals surface area contributed by atoms with Gasteiger partial charge in [-0.15, -0.1) is 0 Å². The van der Waals surface area contributed by atoms with Crippen LogP contribution in [-0.4, -0.2) is 36.5 Å². The second-order valence-electron chi connectivity index (χ2n) is 5.70. The van der Waals surface area contributed by atoms with Gasteiger partial charge in [0.15, 0.2) is 0 Å². The first-order chi connectivity index (χ1) is 11.5. The molecule has 0 bridgehead atoms. The number of aryl methyl sites for hydroxylation is 1. The summed E-state index contributed by atoms with van der Waals surface area (Å²) in [7, 11) is 0. The van der Waals surface area contributed by atoms with Gasteiger partial charge in [-0.1, -0.05) is 35.9 Å². The number of para-hydroxylation sites is 1. The zero-order valence-electron chi connectivity index (χ0n) is 13.3. The van der Waals surface area contributed by atoms with E-state index in [2.05, 4.69) is 5.32 Å². The molecule has 24 heavy (non-hydrogen) atoms. The number of hydrogen-bond acceptors (Lipinski definition) is 2. The van der Waals surface area contributed by atoms with Crippen molar-refractivity contribution in [3.8, 4) is 0 Å². The minimum absolute atomic E-state index is 0.0320. The lowest BCUT2D eigenvalue weighted by Crippen LogP contribution is -2.37. The Kier molecular flexibility index (Phi) is 4.71. The van der Waals surface area contributed by atoms with Crippen LogP contribution < -0.4 is 10.2 Å². The van der Waals surface area contributed by atoms with Crippen molar-refractivity contribution in [1.82, 2.24) is 4.90 Å². The summed E-state index contributed by atoms with van der Waals surface area (Å²) in [6, 6.07) is 14.5. The Morgan fingerprint density at radius 3 is 2.71 bits per heavy atom. The highest BCUT2D eigenvalue weighted by Crippen LogP contribution is 2.23. The number of carbonyl (C=O) groups is 2. The van der Waals surface area contributed by atoms with Gasteiger partial charge in [-0.2, -0.15) is 0 Å². The Hall–Kier alpha value is -2.53. The van der Waals surface area contributed by atoms with Gasteiger partial charge in [0.05, 0.1) is 0 Å². The highest BCUT2D eigenvalue weighted by Gasteiger charge is 2.30. The van der Waals surface area contributed by atoms with Gasteiger partial charge in [0, 0.05) is 29.5 Å². The Labute approximate surface area is 145 Å². The van der Waals surface area contributed by atoms with Gasteiger partial charge in [-0.3, -0.25) is 9.69 Å². The summed E-state index contributed by atoms with van der Waals surface area (Å²) >= 11 is 5.98. The van der Waals surface area contributed by atoms with Crippen LogP contribution in [0.3, 0.4) is 0 Å². The average Bonchev–Trinajstić information content (AvgIpc) is 2.90. The van der Waals surface area contributed by atoms with Gasteiger partial charge in [0.25, 0.3) is 0 Å². The smallest absolute Gasteiger partial charge is 0.324 e. The number of halogens is 1. The minimum atomic E-state index is -0.203. The maximum absolute atomic E-state index is 12.5. The van der Waals surface area contributed by atoms with Crippen LogP contribution in [0.5, 0.6) is 0 Å². The number of amides is 3. The molecule has 1 saturated heterocycles. The van der Waals surface area contributed by atoms with E-state index in [1.807, 2.05) is 37.3 Å². The SMILES string of the molecule is Cc1ccccc1NC(=O)CN1CCN(c2cccc(Cl)c2)C1=O. The predicted molar refractivity (Wildman–Crippen MR) is 95.6 cm³/mol. The Morgan fingerprint density at radius 2 is 1.96 bits per heavy atom. The van der Waals surface area contributed by atoms with E-state index >= 15 is 0 Å². The van der Waals surface area contributed by atoms with Crippen molar-refractivity contribution in [1.29, 1.82) is 0 Å². The quantitative estimate of drug-likeness (QED) is 0.923. The van der Waals surface area contributed by atoms with E-state index in [4.69, 9.17) is 11.6 Å². The summed E-state index contributed by atoms with van der Waals surface area (Å²) in [5.41, 5.74) is 2.49. The largest absolute Gasteiger partial charge is 0.325 e. The van der Waals surface area contributed by atoms with E-state index in [0.717, 1.165) is 16.9 Å². The van der Waals surface area contributed by atoms with E-state index in [-0.39, 0.29) is 18.5 Å². The van der Waals surface area contributed by atoms with Crippen molar-refractivity contribution in [3.63, 3.8) is 0 Å². The molecule has 1 heterocycles. The number of nitrogens with zero attached hydrogens (tertiary/aromatic N) is 2. The monoisotopic (exact) mass is 343 g/mol. The van der Waals surface area contributed by atoms with E-state index in [1.54, 1.807) is 23.1 Å². The van der Waals surface area contributed by atoms with Crippen molar-refractivity contribution in [3.05, 3.63) is 59.1 Å². The molecule has 1 fully saturated rings. The molecule has 124 valence electrons. The van der Waals surface area contributed by atoms with Gasteiger partial charge in [0.2, 0.25) is 5.91 Å². The zero-order chi connectivity index (χ0) is 17.1. The molecular formula is C18H18ClN3O2. The van der Waals surface area contributed by atoms with Crippen LogP contribution in [-0.2, 0) is 4.79 Å². The molecule has 1 aliphatic rings. The first-order valence-corrected chi connectivity index (χ1v) is 8.10. The van der Waals surface area contributed by atoms with Gasteiger partial charge in [0.1, 0.15) is 6.54 Å². The molecule has 1 N–H and O–H groups in total. The second kappa shape index (κ2) is 6.93. The van der Waals surface area contributed by atoms with Crippen LogP contribution in [0.4, 0.5) is 16.2 Å². The molecule has 0 spiro atoms. The van der Waals surface area contributed by atoms with Gasteiger partial charge >= 0.3 is 6.03 Å². The number of rotatable bonds is 4. The molecule has 3 rings (SSSR count). The zero-order valence-corrected chi connectivity index (χ0v) is 14.1. The summed E-state index contributed by atoms with van der Waals surface area (Å²) in [5.74, 6) is -0.203. The van der Waals surface area contributed by atoms with Crippen LogP contribution in [0, 0.1) is 6.92 Å². The first kappa shape index (κ1) is 16.3. The highest BCUT2D eigenvalue weighted by molar-refractivity contribution is 6.30. The molecule has 3 amide bonds. The molecule has 0 unspecified atom stereocenters. The topological polar surface area (TPSA) is 52.7 Å². The summed E-state index contributed by atoms with van der Waals surface area (Å²) in [4.78, 5) is 27.9. The van der Waals surface area contributed by atoms with Crippen molar-refractivity contribution >= 4 is 34.9 Å². The van der Waals surface area contributed by atoms with E-state index in [0.29, 0.717) is 18.1 Å². The Morgan fingerprint density at radius 1 is 1.17 bits per heavy atom. The van der Waals surface area contributed by atoms with E-state index < -0.39 is 0 Å². The number of anilines is 2. The van der Waals surface area contributed by atoms with Crippen LogP contribution in [0.1, 0.15) is 5.56 Å². The lowest BCUT2D eigenvalue weighted by atomic mass is 10.2. The molecule has 6 heteroatoms. The van der Waals surface area contributed by atoms with Gasteiger partial charge < -0.3 is 10.2 Å². The van der Waals surface area contributed by atoms with Crippen LogP contribution in [0.2, 0.25) is 5.02 Å².